The summed E-state index contributed by atoms with van der Waals surface area (Å²) < 4.78 is 5.53. The Hall–Kier alpha value is -1.61. The molecule has 1 aliphatic heterocycles. The van der Waals surface area contributed by atoms with E-state index in [9.17, 15) is 0 Å². The maximum atomic E-state index is 5.53. The molecule has 2 heterocycles. The molecule has 1 aromatic heterocycles. The molecule has 3 heteroatoms. The summed E-state index contributed by atoms with van der Waals surface area (Å²) in [5.41, 5.74) is 1.03. The molecule has 1 N–H and O–H groups in total. The number of nitrogens with one attached hydrogen (secondary N) is 1. The maximum absolute atomic E-state index is 5.53. The first-order valence-electron chi connectivity index (χ1n) is 6.07. The van der Waals surface area contributed by atoms with Gasteiger partial charge >= 0.3 is 0 Å². The van der Waals surface area contributed by atoms with Gasteiger partial charge in [0, 0.05) is 12.0 Å². The number of para-hydroxylation sites is 1. The molecule has 1 aliphatic rings. The minimum Gasteiger partial charge on any atom is -0.376 e. The molecule has 0 radical (unpaired) electrons. The van der Waals surface area contributed by atoms with Crippen LogP contribution < -0.4 is 5.32 Å². The van der Waals surface area contributed by atoms with Crippen LogP contribution in [0.4, 0.5) is 5.82 Å². The highest BCUT2D eigenvalue weighted by atomic mass is 16.5. The fourth-order valence-corrected chi connectivity index (χ4v) is 2.26. The van der Waals surface area contributed by atoms with E-state index in [1.54, 1.807) is 0 Å². The molecular formula is C14H16N2O. The van der Waals surface area contributed by atoms with Crippen molar-refractivity contribution in [2.24, 2.45) is 0 Å². The number of hydrogen-bond donors (Lipinski definition) is 1. The van der Waals surface area contributed by atoms with Crippen molar-refractivity contribution in [1.29, 1.82) is 0 Å². The van der Waals surface area contributed by atoms with E-state index in [4.69, 9.17) is 4.74 Å². The lowest BCUT2D eigenvalue weighted by atomic mass is 10.1. The lowest BCUT2D eigenvalue weighted by Crippen LogP contribution is -2.27. The zero-order chi connectivity index (χ0) is 11.7. The van der Waals surface area contributed by atoms with Crippen LogP contribution in [0.15, 0.2) is 36.4 Å². The normalized spacial score (nSPS) is 24.1. The van der Waals surface area contributed by atoms with E-state index in [0.29, 0.717) is 6.04 Å². The molecular weight excluding hydrogens is 212 g/mol. The zero-order valence-electron chi connectivity index (χ0n) is 9.89. The van der Waals surface area contributed by atoms with Crippen molar-refractivity contribution in [3.05, 3.63) is 36.4 Å². The largest absolute Gasteiger partial charge is 0.376 e. The summed E-state index contributed by atoms with van der Waals surface area (Å²) in [7, 11) is 0. The van der Waals surface area contributed by atoms with Crippen LogP contribution in [0.5, 0.6) is 0 Å². The standard InChI is InChI=1S/C14H16N2O/c1-10-12(8-9-17-10)15-14-7-6-11-4-2-3-5-13(11)16-14/h2-7,10,12H,8-9H2,1H3,(H,15,16). The van der Waals surface area contributed by atoms with E-state index in [0.717, 1.165) is 24.4 Å². The molecule has 3 nitrogen and oxygen atoms in total. The highest BCUT2D eigenvalue weighted by molar-refractivity contribution is 5.80. The zero-order valence-corrected chi connectivity index (χ0v) is 9.89. The van der Waals surface area contributed by atoms with Crippen molar-refractivity contribution in [3.63, 3.8) is 0 Å². The summed E-state index contributed by atoms with van der Waals surface area (Å²) in [6.45, 7) is 2.94. The predicted molar refractivity (Wildman–Crippen MR) is 69.2 cm³/mol. The van der Waals surface area contributed by atoms with E-state index in [2.05, 4.69) is 29.4 Å². The van der Waals surface area contributed by atoms with Crippen LogP contribution >= 0.6 is 0 Å². The Labute approximate surface area is 101 Å². The van der Waals surface area contributed by atoms with E-state index >= 15 is 0 Å². The first-order valence-corrected chi connectivity index (χ1v) is 6.07. The van der Waals surface area contributed by atoms with Crippen LogP contribution in [0, 0.1) is 0 Å². The van der Waals surface area contributed by atoms with Crippen molar-refractivity contribution >= 4 is 16.7 Å². The van der Waals surface area contributed by atoms with Gasteiger partial charge < -0.3 is 10.1 Å². The minimum absolute atomic E-state index is 0.267. The highest BCUT2D eigenvalue weighted by Crippen LogP contribution is 2.20. The third-order valence-corrected chi connectivity index (χ3v) is 3.31. The number of rotatable bonds is 2. The van der Waals surface area contributed by atoms with Crippen LogP contribution in [0.3, 0.4) is 0 Å². The highest BCUT2D eigenvalue weighted by Gasteiger charge is 2.24. The van der Waals surface area contributed by atoms with Gasteiger partial charge in [0.25, 0.3) is 0 Å². The molecule has 1 fully saturated rings. The second-order valence-electron chi connectivity index (χ2n) is 4.50. The number of benzene rings is 1. The Morgan fingerprint density at radius 2 is 2.12 bits per heavy atom. The minimum atomic E-state index is 0.267. The third kappa shape index (κ3) is 2.11. The number of pyridine rings is 1. The number of aromatic nitrogens is 1. The summed E-state index contributed by atoms with van der Waals surface area (Å²) in [5, 5.41) is 4.62. The quantitative estimate of drug-likeness (QED) is 0.858. The van der Waals surface area contributed by atoms with E-state index in [1.807, 2.05) is 24.3 Å². The molecule has 0 aliphatic carbocycles. The van der Waals surface area contributed by atoms with Crippen molar-refractivity contribution in [2.75, 3.05) is 11.9 Å². The number of anilines is 1. The summed E-state index contributed by atoms with van der Waals surface area (Å²) in [5.74, 6) is 0.936. The molecule has 3 rings (SSSR count). The van der Waals surface area contributed by atoms with Gasteiger partial charge in [0.15, 0.2) is 0 Å². The van der Waals surface area contributed by atoms with Gasteiger partial charge in [-0.3, -0.25) is 0 Å². The summed E-state index contributed by atoms with van der Waals surface area (Å²) in [4.78, 5) is 4.61. The lowest BCUT2D eigenvalue weighted by Gasteiger charge is -2.16. The first kappa shape index (κ1) is 10.5. The Morgan fingerprint density at radius 1 is 1.24 bits per heavy atom. The Balaban J connectivity index is 1.85. The van der Waals surface area contributed by atoms with Crippen LogP contribution in [0.25, 0.3) is 10.9 Å². The summed E-state index contributed by atoms with van der Waals surface area (Å²) >= 11 is 0. The molecule has 2 unspecified atom stereocenters. The smallest absolute Gasteiger partial charge is 0.126 e. The van der Waals surface area contributed by atoms with Crippen LogP contribution in [-0.4, -0.2) is 23.7 Å². The molecule has 88 valence electrons. The third-order valence-electron chi connectivity index (χ3n) is 3.31. The van der Waals surface area contributed by atoms with Crippen molar-refractivity contribution in [3.8, 4) is 0 Å². The first-order chi connectivity index (χ1) is 8.33. The van der Waals surface area contributed by atoms with Crippen LogP contribution in [-0.2, 0) is 4.74 Å². The molecule has 2 atom stereocenters. The van der Waals surface area contributed by atoms with Gasteiger partial charge in [-0.25, -0.2) is 4.98 Å². The fourth-order valence-electron chi connectivity index (χ4n) is 2.26. The number of fused-ring (bicyclic) bond motifs is 1. The molecule has 0 amide bonds. The molecule has 0 spiro atoms. The van der Waals surface area contributed by atoms with E-state index < -0.39 is 0 Å². The molecule has 0 saturated carbocycles. The van der Waals surface area contributed by atoms with E-state index in [1.165, 1.54) is 5.39 Å². The predicted octanol–water partition coefficient (Wildman–Crippen LogP) is 2.82. The van der Waals surface area contributed by atoms with E-state index in [-0.39, 0.29) is 6.10 Å². The summed E-state index contributed by atoms with van der Waals surface area (Å²) in [6.07, 6.45) is 1.32. The molecule has 0 bridgehead atoms. The number of ether oxygens (including phenoxy) is 1. The Kier molecular flexibility index (Phi) is 2.69. The van der Waals surface area contributed by atoms with Gasteiger partial charge in [0.2, 0.25) is 0 Å². The van der Waals surface area contributed by atoms with Gasteiger partial charge in [-0.05, 0) is 31.5 Å². The molecule has 1 aromatic carbocycles. The second kappa shape index (κ2) is 4.34. The van der Waals surface area contributed by atoms with Crippen molar-refractivity contribution < 1.29 is 4.74 Å². The average molecular weight is 228 g/mol. The van der Waals surface area contributed by atoms with Crippen molar-refractivity contribution in [1.82, 2.24) is 4.98 Å². The van der Waals surface area contributed by atoms with Crippen LogP contribution in [0.1, 0.15) is 13.3 Å². The topological polar surface area (TPSA) is 34.1 Å². The van der Waals surface area contributed by atoms with Gasteiger partial charge in [-0.2, -0.15) is 0 Å². The number of hydrogen-bond acceptors (Lipinski definition) is 3. The number of nitrogens with zero attached hydrogens (tertiary/aromatic N) is 1. The van der Waals surface area contributed by atoms with Gasteiger partial charge in [-0.1, -0.05) is 18.2 Å². The monoisotopic (exact) mass is 228 g/mol. The second-order valence-corrected chi connectivity index (χ2v) is 4.50. The maximum Gasteiger partial charge on any atom is 0.126 e. The van der Waals surface area contributed by atoms with Gasteiger partial charge in [0.05, 0.1) is 17.7 Å². The SMILES string of the molecule is CC1OCCC1Nc1ccc2ccccc2n1. The summed E-state index contributed by atoms with van der Waals surface area (Å²) in [6, 6.07) is 12.7. The van der Waals surface area contributed by atoms with Crippen LogP contribution in [0.2, 0.25) is 0 Å². The van der Waals surface area contributed by atoms with Gasteiger partial charge in [0.1, 0.15) is 5.82 Å². The van der Waals surface area contributed by atoms with Crippen molar-refractivity contribution in [2.45, 2.75) is 25.5 Å². The molecule has 2 aromatic rings. The Morgan fingerprint density at radius 3 is 2.94 bits per heavy atom. The Bertz CT molecular complexity index is 526. The lowest BCUT2D eigenvalue weighted by molar-refractivity contribution is 0.121. The fraction of sp³-hybridized carbons (Fsp3) is 0.357. The molecule has 1 saturated heterocycles. The van der Waals surface area contributed by atoms with Gasteiger partial charge in [-0.15, -0.1) is 0 Å². The average Bonchev–Trinajstić information content (AvgIpc) is 2.75. The molecule has 17 heavy (non-hydrogen) atoms.